The number of carbonyl (C=O) groups excluding carboxylic acids is 1. The third-order valence-electron chi connectivity index (χ3n) is 2.90. The number of rotatable bonds is 3. The third kappa shape index (κ3) is 2.56. The Kier molecular flexibility index (Phi) is 3.25. The lowest BCUT2D eigenvalue weighted by Gasteiger charge is -2.21. The molecule has 1 amide bonds. The SMILES string of the molecule is O=C1Nc2ccc(OCc3ccccc3)cc2OC1F. The molecule has 0 fully saturated rings. The molecular formula is C15H12FNO3. The van der Waals surface area contributed by atoms with E-state index in [1.807, 2.05) is 30.3 Å². The number of carbonyl (C=O) groups is 1. The van der Waals surface area contributed by atoms with Crippen molar-refractivity contribution >= 4 is 11.6 Å². The van der Waals surface area contributed by atoms with Crippen LogP contribution in [0.4, 0.5) is 10.1 Å². The molecule has 1 atom stereocenters. The summed E-state index contributed by atoms with van der Waals surface area (Å²) >= 11 is 0. The highest BCUT2D eigenvalue weighted by Gasteiger charge is 2.27. The van der Waals surface area contributed by atoms with Crippen molar-refractivity contribution in [2.75, 3.05) is 5.32 Å². The summed E-state index contributed by atoms with van der Waals surface area (Å²) < 4.78 is 23.6. The van der Waals surface area contributed by atoms with Crippen LogP contribution in [0.5, 0.6) is 11.5 Å². The molecule has 0 radical (unpaired) electrons. The van der Waals surface area contributed by atoms with Crippen molar-refractivity contribution in [1.82, 2.24) is 0 Å². The summed E-state index contributed by atoms with van der Waals surface area (Å²) in [6.07, 6.45) is -1.98. The van der Waals surface area contributed by atoms with E-state index in [1.54, 1.807) is 18.2 Å². The van der Waals surface area contributed by atoms with Gasteiger partial charge in [0.05, 0.1) is 5.69 Å². The fraction of sp³-hybridized carbons (Fsp3) is 0.133. The Balaban J connectivity index is 1.73. The lowest BCUT2D eigenvalue weighted by molar-refractivity contribution is -0.130. The monoisotopic (exact) mass is 273 g/mol. The highest BCUT2D eigenvalue weighted by atomic mass is 19.1. The normalized spacial score (nSPS) is 16.9. The molecule has 1 heterocycles. The van der Waals surface area contributed by atoms with Gasteiger partial charge >= 0.3 is 6.36 Å². The smallest absolute Gasteiger partial charge is 0.317 e. The Morgan fingerprint density at radius 1 is 1.20 bits per heavy atom. The number of nitrogens with one attached hydrogen (secondary N) is 1. The van der Waals surface area contributed by atoms with Crippen LogP contribution >= 0.6 is 0 Å². The number of fused-ring (bicyclic) bond motifs is 1. The van der Waals surface area contributed by atoms with Gasteiger partial charge in [-0.1, -0.05) is 30.3 Å². The van der Waals surface area contributed by atoms with Crippen LogP contribution in [0.2, 0.25) is 0 Å². The molecule has 4 nitrogen and oxygen atoms in total. The molecule has 0 bridgehead atoms. The Morgan fingerprint density at radius 2 is 2.00 bits per heavy atom. The van der Waals surface area contributed by atoms with Crippen molar-refractivity contribution in [2.45, 2.75) is 13.0 Å². The highest BCUT2D eigenvalue weighted by molar-refractivity contribution is 5.96. The second kappa shape index (κ2) is 5.21. The van der Waals surface area contributed by atoms with Crippen molar-refractivity contribution in [3.05, 3.63) is 54.1 Å². The summed E-state index contributed by atoms with van der Waals surface area (Å²) in [5.74, 6) is 0.0223. The van der Waals surface area contributed by atoms with Gasteiger partial charge in [-0.2, -0.15) is 4.39 Å². The van der Waals surface area contributed by atoms with Crippen LogP contribution in [0.3, 0.4) is 0 Å². The zero-order valence-corrected chi connectivity index (χ0v) is 10.5. The van der Waals surface area contributed by atoms with E-state index < -0.39 is 12.3 Å². The van der Waals surface area contributed by atoms with Crippen LogP contribution in [-0.4, -0.2) is 12.3 Å². The van der Waals surface area contributed by atoms with Crippen molar-refractivity contribution in [2.24, 2.45) is 0 Å². The van der Waals surface area contributed by atoms with Gasteiger partial charge in [0, 0.05) is 6.07 Å². The molecule has 0 aliphatic carbocycles. The van der Waals surface area contributed by atoms with E-state index in [1.165, 1.54) is 0 Å². The molecule has 0 saturated heterocycles. The molecule has 0 aromatic heterocycles. The fourth-order valence-electron chi connectivity index (χ4n) is 1.89. The van der Waals surface area contributed by atoms with E-state index in [4.69, 9.17) is 9.47 Å². The van der Waals surface area contributed by atoms with Crippen LogP contribution in [0.1, 0.15) is 5.56 Å². The van der Waals surface area contributed by atoms with Gasteiger partial charge in [-0.3, -0.25) is 4.79 Å². The molecular weight excluding hydrogens is 261 g/mol. The number of hydrogen-bond acceptors (Lipinski definition) is 3. The second-order valence-corrected chi connectivity index (χ2v) is 4.36. The van der Waals surface area contributed by atoms with Gasteiger partial charge in [0.2, 0.25) is 0 Å². The van der Waals surface area contributed by atoms with Gasteiger partial charge < -0.3 is 14.8 Å². The standard InChI is InChI=1S/C15H12FNO3/c16-14-15(18)17-12-7-6-11(8-13(12)20-14)19-9-10-4-2-1-3-5-10/h1-8,14H,9H2,(H,17,18). The fourth-order valence-corrected chi connectivity index (χ4v) is 1.89. The van der Waals surface area contributed by atoms with Crippen molar-refractivity contribution in [3.8, 4) is 11.5 Å². The van der Waals surface area contributed by atoms with Crippen LogP contribution < -0.4 is 14.8 Å². The molecule has 2 aromatic rings. The Labute approximate surface area is 115 Å². The first-order valence-corrected chi connectivity index (χ1v) is 6.15. The number of benzene rings is 2. The van der Waals surface area contributed by atoms with Gasteiger partial charge in [-0.25, -0.2) is 0 Å². The molecule has 20 heavy (non-hydrogen) atoms. The van der Waals surface area contributed by atoms with E-state index in [0.29, 0.717) is 18.0 Å². The number of amides is 1. The summed E-state index contributed by atoms with van der Waals surface area (Å²) in [6.45, 7) is 0.408. The Morgan fingerprint density at radius 3 is 2.80 bits per heavy atom. The lowest BCUT2D eigenvalue weighted by Crippen LogP contribution is -2.33. The van der Waals surface area contributed by atoms with Gasteiger partial charge in [0.15, 0.2) is 5.75 Å². The van der Waals surface area contributed by atoms with Crippen molar-refractivity contribution < 1.29 is 18.7 Å². The summed E-state index contributed by atoms with van der Waals surface area (Å²) in [6, 6.07) is 14.6. The van der Waals surface area contributed by atoms with E-state index in [2.05, 4.69) is 5.32 Å². The maximum Gasteiger partial charge on any atom is 0.317 e. The van der Waals surface area contributed by atoms with Crippen molar-refractivity contribution in [1.29, 1.82) is 0 Å². The van der Waals surface area contributed by atoms with Gasteiger partial charge in [-0.05, 0) is 17.7 Å². The first-order valence-electron chi connectivity index (χ1n) is 6.15. The topological polar surface area (TPSA) is 47.6 Å². The second-order valence-electron chi connectivity index (χ2n) is 4.36. The van der Waals surface area contributed by atoms with Crippen LogP contribution in [0.25, 0.3) is 0 Å². The summed E-state index contributed by atoms with van der Waals surface area (Å²) in [4.78, 5) is 11.1. The zero-order valence-electron chi connectivity index (χ0n) is 10.5. The summed E-state index contributed by atoms with van der Waals surface area (Å²) in [5, 5.41) is 2.42. The summed E-state index contributed by atoms with van der Waals surface area (Å²) in [7, 11) is 0. The van der Waals surface area contributed by atoms with Gasteiger partial charge in [0.1, 0.15) is 12.4 Å². The molecule has 3 rings (SSSR count). The van der Waals surface area contributed by atoms with Crippen molar-refractivity contribution in [3.63, 3.8) is 0 Å². The average molecular weight is 273 g/mol. The predicted molar refractivity (Wildman–Crippen MR) is 71.4 cm³/mol. The van der Waals surface area contributed by atoms with E-state index in [9.17, 15) is 9.18 Å². The van der Waals surface area contributed by atoms with E-state index in [0.717, 1.165) is 5.56 Å². The van der Waals surface area contributed by atoms with Gasteiger partial charge in [-0.15, -0.1) is 0 Å². The molecule has 0 saturated carbocycles. The maximum atomic E-state index is 13.2. The van der Waals surface area contributed by atoms with E-state index in [-0.39, 0.29) is 5.75 Å². The number of halogens is 1. The molecule has 1 unspecified atom stereocenters. The quantitative estimate of drug-likeness (QED) is 0.935. The first-order chi connectivity index (χ1) is 9.72. The molecule has 102 valence electrons. The van der Waals surface area contributed by atoms with Crippen LogP contribution in [0, 0.1) is 0 Å². The zero-order chi connectivity index (χ0) is 13.9. The van der Waals surface area contributed by atoms with Crippen LogP contribution in [-0.2, 0) is 11.4 Å². The largest absolute Gasteiger partial charge is 0.489 e. The number of alkyl halides is 1. The molecule has 1 N–H and O–H groups in total. The van der Waals surface area contributed by atoms with E-state index >= 15 is 0 Å². The predicted octanol–water partition coefficient (Wildman–Crippen LogP) is 2.89. The number of hydrogen-bond donors (Lipinski definition) is 1. The average Bonchev–Trinajstić information content (AvgIpc) is 2.47. The minimum Gasteiger partial charge on any atom is -0.489 e. The van der Waals surface area contributed by atoms with Crippen LogP contribution in [0.15, 0.2) is 48.5 Å². The molecule has 0 spiro atoms. The summed E-state index contributed by atoms with van der Waals surface area (Å²) in [5.41, 5.74) is 1.47. The minimum absolute atomic E-state index is 0.266. The lowest BCUT2D eigenvalue weighted by atomic mass is 10.2. The number of anilines is 1. The highest BCUT2D eigenvalue weighted by Crippen LogP contribution is 2.33. The molecule has 1 aliphatic heterocycles. The molecule has 5 heteroatoms. The van der Waals surface area contributed by atoms with Gasteiger partial charge in [0.25, 0.3) is 5.91 Å². The third-order valence-corrected chi connectivity index (χ3v) is 2.90. The molecule has 2 aromatic carbocycles. The maximum absolute atomic E-state index is 13.2. The number of ether oxygens (including phenoxy) is 2. The first kappa shape index (κ1) is 12.5. The molecule has 1 aliphatic rings. The Hall–Kier alpha value is -2.56. The minimum atomic E-state index is -1.98. The Bertz CT molecular complexity index is 630.